The SMILES string of the molecule is CCCCCCCCC(CCCCCCCC)(C(=O)O)C(CCCCCCCC)(C(=O)O)S(=O)(=O)O.[NaH]. The van der Waals surface area contributed by atoms with E-state index < -0.39 is 32.2 Å². The second-order valence-electron chi connectivity index (χ2n) is 10.5. The van der Waals surface area contributed by atoms with Crippen LogP contribution >= 0.6 is 0 Å². The number of carboxylic acids is 2. The number of aliphatic carboxylic acids is 2. The van der Waals surface area contributed by atoms with Crippen LogP contribution in [0.1, 0.15) is 156 Å². The van der Waals surface area contributed by atoms with Crippen LogP contribution in [0.3, 0.4) is 0 Å². The molecule has 1 unspecified atom stereocenters. The van der Waals surface area contributed by atoms with Gasteiger partial charge in [0.1, 0.15) is 5.41 Å². The molecule has 0 aliphatic heterocycles. The van der Waals surface area contributed by atoms with E-state index in [2.05, 4.69) is 20.8 Å². The molecule has 0 saturated heterocycles. The number of carbonyl (C=O) groups is 2. The molecular formula is C28H55NaO7S. The zero-order valence-corrected chi connectivity index (χ0v) is 24.0. The van der Waals surface area contributed by atoms with Crippen LogP contribution in [0.25, 0.3) is 0 Å². The molecule has 0 aliphatic carbocycles. The summed E-state index contributed by atoms with van der Waals surface area (Å²) >= 11 is 0. The molecular weight excluding hydrogens is 503 g/mol. The third-order valence-electron chi connectivity index (χ3n) is 7.76. The third kappa shape index (κ3) is 12.7. The van der Waals surface area contributed by atoms with Gasteiger partial charge >= 0.3 is 41.5 Å². The summed E-state index contributed by atoms with van der Waals surface area (Å²) in [5, 5.41) is 20.8. The van der Waals surface area contributed by atoms with Crippen molar-refractivity contribution in [1.82, 2.24) is 0 Å². The van der Waals surface area contributed by atoms with Crippen molar-refractivity contribution >= 4 is 51.6 Å². The molecule has 0 radical (unpaired) electrons. The van der Waals surface area contributed by atoms with Crippen LogP contribution in [0.5, 0.6) is 0 Å². The summed E-state index contributed by atoms with van der Waals surface area (Å²) in [4.78, 5) is 25.6. The fourth-order valence-electron chi connectivity index (χ4n) is 5.52. The van der Waals surface area contributed by atoms with E-state index in [1.165, 1.54) is 0 Å². The van der Waals surface area contributed by atoms with Gasteiger partial charge in [0, 0.05) is 0 Å². The fraction of sp³-hybridized carbons (Fsp3) is 0.929. The van der Waals surface area contributed by atoms with Crippen molar-refractivity contribution in [3.63, 3.8) is 0 Å². The molecule has 0 heterocycles. The van der Waals surface area contributed by atoms with Crippen molar-refractivity contribution in [1.29, 1.82) is 0 Å². The Hall–Kier alpha value is -0.150. The van der Waals surface area contributed by atoms with E-state index in [1.807, 2.05) is 0 Å². The molecule has 1 atom stereocenters. The zero-order valence-electron chi connectivity index (χ0n) is 23.2. The molecule has 3 N–H and O–H groups in total. The second kappa shape index (κ2) is 21.6. The van der Waals surface area contributed by atoms with Crippen LogP contribution < -0.4 is 0 Å². The molecule has 9 heteroatoms. The number of hydrogen-bond donors (Lipinski definition) is 3. The quantitative estimate of drug-likeness (QED) is 0.0606. The van der Waals surface area contributed by atoms with Gasteiger partial charge in [-0.1, -0.05) is 136 Å². The Kier molecular flexibility index (Phi) is 22.8. The van der Waals surface area contributed by atoms with Gasteiger partial charge in [0.25, 0.3) is 10.1 Å². The van der Waals surface area contributed by atoms with Gasteiger partial charge in [-0.25, -0.2) is 0 Å². The molecule has 0 saturated carbocycles. The van der Waals surface area contributed by atoms with E-state index in [0.717, 1.165) is 77.0 Å². The van der Waals surface area contributed by atoms with E-state index in [0.29, 0.717) is 32.1 Å². The van der Waals surface area contributed by atoms with Crippen molar-refractivity contribution in [3.8, 4) is 0 Å². The first-order valence-corrected chi connectivity index (χ1v) is 15.9. The van der Waals surface area contributed by atoms with E-state index >= 15 is 0 Å². The molecule has 0 aromatic carbocycles. The van der Waals surface area contributed by atoms with Gasteiger partial charge in [-0.05, 0) is 19.3 Å². The van der Waals surface area contributed by atoms with Crippen molar-refractivity contribution in [2.24, 2.45) is 5.41 Å². The topological polar surface area (TPSA) is 129 Å². The molecule has 216 valence electrons. The Morgan fingerprint density at radius 2 is 0.838 bits per heavy atom. The number of hydrogen-bond acceptors (Lipinski definition) is 4. The van der Waals surface area contributed by atoms with Gasteiger partial charge in [0.2, 0.25) is 4.75 Å². The standard InChI is InChI=1S/C28H54O7S.Na.H/c1-4-7-10-13-16-19-22-27(25(29)30,23-20-17-14-11-8-5-2)28(26(31)32,36(33,34)35)24-21-18-15-12-9-6-3;;/h4-24H2,1-3H3,(H,29,30)(H,31,32)(H,33,34,35);;. The average Bonchev–Trinajstić information content (AvgIpc) is 2.80. The van der Waals surface area contributed by atoms with Crippen LogP contribution in [0, 0.1) is 5.41 Å². The number of carboxylic acid groups (broad SMARTS) is 2. The molecule has 0 aliphatic rings. The zero-order chi connectivity index (χ0) is 27.5. The Bertz CT molecular complexity index is 695. The molecule has 0 aromatic rings. The van der Waals surface area contributed by atoms with E-state index in [9.17, 15) is 32.8 Å². The summed E-state index contributed by atoms with van der Waals surface area (Å²) in [5.74, 6) is -3.16. The van der Waals surface area contributed by atoms with E-state index in [1.54, 1.807) is 0 Å². The van der Waals surface area contributed by atoms with Crippen LogP contribution in [0.15, 0.2) is 0 Å². The minimum atomic E-state index is -5.21. The first-order valence-electron chi connectivity index (χ1n) is 14.5. The van der Waals surface area contributed by atoms with Crippen molar-refractivity contribution in [2.45, 2.75) is 160 Å². The summed E-state index contributed by atoms with van der Waals surface area (Å²) in [7, 11) is -5.21. The van der Waals surface area contributed by atoms with Crippen LogP contribution in [-0.4, -0.2) is 69.4 Å². The van der Waals surface area contributed by atoms with Crippen LogP contribution in [0.2, 0.25) is 0 Å². The minimum absolute atomic E-state index is 0. The van der Waals surface area contributed by atoms with E-state index in [4.69, 9.17) is 0 Å². The number of unbranched alkanes of at least 4 members (excludes halogenated alkanes) is 15. The molecule has 7 nitrogen and oxygen atoms in total. The van der Waals surface area contributed by atoms with Crippen molar-refractivity contribution < 1.29 is 32.8 Å². The predicted molar refractivity (Wildman–Crippen MR) is 153 cm³/mol. The summed E-state index contributed by atoms with van der Waals surface area (Å²) in [6.07, 6.45) is 14.6. The Morgan fingerprint density at radius 3 is 1.11 bits per heavy atom. The molecule has 0 spiro atoms. The monoisotopic (exact) mass is 558 g/mol. The summed E-state index contributed by atoms with van der Waals surface area (Å²) in [6.45, 7) is 6.29. The summed E-state index contributed by atoms with van der Waals surface area (Å²) in [5.41, 5.74) is -2.06. The van der Waals surface area contributed by atoms with Gasteiger partial charge in [-0.15, -0.1) is 0 Å². The second-order valence-corrected chi connectivity index (χ2v) is 12.2. The predicted octanol–water partition coefficient (Wildman–Crippen LogP) is 7.37. The van der Waals surface area contributed by atoms with Gasteiger partial charge in [-0.3, -0.25) is 14.1 Å². The first kappa shape index (κ1) is 39.0. The maximum atomic E-state index is 12.9. The third-order valence-corrected chi connectivity index (χ3v) is 9.42. The summed E-state index contributed by atoms with van der Waals surface area (Å²) in [6, 6.07) is 0. The Balaban J connectivity index is 0. The van der Waals surface area contributed by atoms with Gasteiger partial charge < -0.3 is 10.2 Å². The van der Waals surface area contributed by atoms with Crippen LogP contribution in [0.4, 0.5) is 0 Å². The van der Waals surface area contributed by atoms with Gasteiger partial charge in [0.05, 0.1) is 0 Å². The molecule has 0 rings (SSSR count). The van der Waals surface area contributed by atoms with E-state index in [-0.39, 0.29) is 55.2 Å². The number of rotatable bonds is 25. The van der Waals surface area contributed by atoms with Gasteiger partial charge in [0.15, 0.2) is 0 Å². The van der Waals surface area contributed by atoms with Gasteiger partial charge in [-0.2, -0.15) is 8.42 Å². The summed E-state index contributed by atoms with van der Waals surface area (Å²) < 4.78 is 33.4. The molecule has 0 aromatic heterocycles. The molecule has 0 fully saturated rings. The Labute approximate surface area is 249 Å². The fourth-order valence-corrected chi connectivity index (χ4v) is 6.93. The average molecular weight is 559 g/mol. The van der Waals surface area contributed by atoms with Crippen molar-refractivity contribution in [3.05, 3.63) is 0 Å². The Morgan fingerprint density at radius 1 is 0.541 bits per heavy atom. The van der Waals surface area contributed by atoms with Crippen molar-refractivity contribution in [2.75, 3.05) is 0 Å². The first-order chi connectivity index (χ1) is 17.1. The molecule has 0 amide bonds. The molecule has 37 heavy (non-hydrogen) atoms. The normalized spacial score (nSPS) is 13.6. The molecule has 0 bridgehead atoms. The van der Waals surface area contributed by atoms with Crippen LogP contribution in [-0.2, 0) is 19.7 Å². The maximum absolute atomic E-state index is 12.9.